The summed E-state index contributed by atoms with van der Waals surface area (Å²) in [4.78, 5) is 24.3. The van der Waals surface area contributed by atoms with E-state index in [4.69, 9.17) is 0 Å². The minimum atomic E-state index is -1.01. The second kappa shape index (κ2) is 8.34. The molecule has 6 heteroatoms. The average Bonchev–Trinajstić information content (AvgIpc) is 2.44. The van der Waals surface area contributed by atoms with Gasteiger partial charge in [-0.2, -0.15) is 0 Å². The lowest BCUT2D eigenvalue weighted by atomic mass is 10.2. The lowest BCUT2D eigenvalue weighted by Crippen LogP contribution is -2.37. The maximum absolute atomic E-state index is 13.2. The normalized spacial score (nSPS) is 10.3. The molecule has 2 amide bonds. The molecule has 0 saturated carbocycles. The molecule has 0 aromatic heterocycles. The fourth-order valence-electron chi connectivity index (χ4n) is 1.85. The third kappa shape index (κ3) is 5.49. The van der Waals surface area contributed by atoms with Gasteiger partial charge in [-0.3, -0.25) is 9.59 Å². The number of carbonyl (C=O) groups is 2. The van der Waals surface area contributed by atoms with Gasteiger partial charge in [0, 0.05) is 38.2 Å². The van der Waals surface area contributed by atoms with Crippen molar-refractivity contribution < 1.29 is 18.4 Å². The van der Waals surface area contributed by atoms with Crippen LogP contribution in [0.4, 0.5) is 14.5 Å². The summed E-state index contributed by atoms with van der Waals surface area (Å²) in [5.74, 6) is -2.35. The Balaban J connectivity index is 2.60. The summed E-state index contributed by atoms with van der Waals surface area (Å²) in [5.41, 5.74) is 0.268. The van der Waals surface area contributed by atoms with Gasteiger partial charge in [0.2, 0.25) is 11.8 Å². The Hall–Kier alpha value is -1.98. The standard InChI is InChI=1S/C15H20F2N2O2/c1-3-4-5-15(21)18-8-9-19(11(2)20)12-6-7-13(16)14(17)10-12/h6-7,10H,3-5,8-9H2,1-2H3,(H,18,21). The molecule has 0 atom stereocenters. The minimum absolute atomic E-state index is 0.0781. The van der Waals surface area contributed by atoms with Crippen LogP contribution in [-0.4, -0.2) is 24.9 Å². The van der Waals surface area contributed by atoms with Crippen LogP contribution in [0.2, 0.25) is 0 Å². The van der Waals surface area contributed by atoms with E-state index >= 15 is 0 Å². The van der Waals surface area contributed by atoms with Crippen LogP contribution in [0.25, 0.3) is 0 Å². The van der Waals surface area contributed by atoms with Crippen molar-refractivity contribution in [3.8, 4) is 0 Å². The molecule has 1 aromatic rings. The summed E-state index contributed by atoms with van der Waals surface area (Å²) in [6.07, 6.45) is 2.19. The molecule has 0 heterocycles. The third-order valence-electron chi connectivity index (χ3n) is 3.01. The molecule has 0 fully saturated rings. The van der Waals surface area contributed by atoms with Crippen LogP contribution in [0.5, 0.6) is 0 Å². The number of nitrogens with zero attached hydrogens (tertiary/aromatic N) is 1. The number of nitrogens with one attached hydrogen (secondary N) is 1. The van der Waals surface area contributed by atoms with E-state index in [0.29, 0.717) is 6.42 Å². The first-order valence-electron chi connectivity index (χ1n) is 6.95. The second-order valence-corrected chi connectivity index (χ2v) is 4.72. The van der Waals surface area contributed by atoms with Crippen molar-refractivity contribution in [1.29, 1.82) is 0 Å². The Morgan fingerprint density at radius 3 is 2.52 bits per heavy atom. The Labute approximate surface area is 123 Å². The van der Waals surface area contributed by atoms with Gasteiger partial charge in [0.1, 0.15) is 0 Å². The number of carbonyl (C=O) groups excluding carboxylic acids is 2. The SMILES string of the molecule is CCCCC(=O)NCCN(C(C)=O)c1ccc(F)c(F)c1. The van der Waals surface area contributed by atoms with E-state index in [1.54, 1.807) is 0 Å². The van der Waals surface area contributed by atoms with Gasteiger partial charge in [-0.15, -0.1) is 0 Å². The topological polar surface area (TPSA) is 49.4 Å². The first-order chi connectivity index (χ1) is 9.95. The largest absolute Gasteiger partial charge is 0.354 e. The summed E-state index contributed by atoms with van der Waals surface area (Å²) in [6, 6.07) is 3.27. The summed E-state index contributed by atoms with van der Waals surface area (Å²) >= 11 is 0. The van der Waals surface area contributed by atoms with Gasteiger partial charge in [-0.1, -0.05) is 13.3 Å². The van der Waals surface area contributed by atoms with Crippen molar-refractivity contribution in [1.82, 2.24) is 5.32 Å². The predicted octanol–water partition coefficient (Wildman–Crippen LogP) is 2.62. The summed E-state index contributed by atoms with van der Waals surface area (Å²) in [7, 11) is 0. The highest BCUT2D eigenvalue weighted by Gasteiger charge is 2.14. The third-order valence-corrected chi connectivity index (χ3v) is 3.01. The van der Waals surface area contributed by atoms with Gasteiger partial charge in [-0.05, 0) is 18.6 Å². The Morgan fingerprint density at radius 2 is 1.95 bits per heavy atom. The van der Waals surface area contributed by atoms with E-state index in [2.05, 4.69) is 5.32 Å². The maximum atomic E-state index is 13.2. The fourth-order valence-corrected chi connectivity index (χ4v) is 1.85. The zero-order chi connectivity index (χ0) is 15.8. The van der Waals surface area contributed by atoms with E-state index < -0.39 is 11.6 Å². The number of hydrogen-bond donors (Lipinski definition) is 1. The zero-order valence-electron chi connectivity index (χ0n) is 12.3. The van der Waals surface area contributed by atoms with E-state index in [1.807, 2.05) is 6.92 Å². The summed E-state index contributed by atoms with van der Waals surface area (Å²) in [5, 5.41) is 2.70. The molecule has 0 unspecified atom stereocenters. The van der Waals surface area contributed by atoms with Crippen molar-refractivity contribution in [3.05, 3.63) is 29.8 Å². The van der Waals surface area contributed by atoms with Crippen LogP contribution in [0.15, 0.2) is 18.2 Å². The second-order valence-electron chi connectivity index (χ2n) is 4.72. The molecule has 0 aliphatic carbocycles. The number of rotatable bonds is 7. The number of amides is 2. The van der Waals surface area contributed by atoms with E-state index in [-0.39, 0.29) is 30.6 Å². The van der Waals surface area contributed by atoms with Crippen molar-refractivity contribution in [2.75, 3.05) is 18.0 Å². The molecule has 1 N–H and O–H groups in total. The van der Waals surface area contributed by atoms with Crippen LogP contribution >= 0.6 is 0 Å². The molecule has 0 spiro atoms. The maximum Gasteiger partial charge on any atom is 0.223 e. The van der Waals surface area contributed by atoms with E-state index in [0.717, 1.165) is 25.0 Å². The number of halogens is 2. The number of hydrogen-bond acceptors (Lipinski definition) is 2. The molecule has 0 aliphatic rings. The Morgan fingerprint density at radius 1 is 1.24 bits per heavy atom. The first kappa shape index (κ1) is 17.1. The number of anilines is 1. The number of unbranched alkanes of at least 4 members (excludes halogenated alkanes) is 1. The van der Waals surface area contributed by atoms with Gasteiger partial charge in [-0.25, -0.2) is 8.78 Å². The minimum Gasteiger partial charge on any atom is -0.354 e. The smallest absolute Gasteiger partial charge is 0.223 e. The van der Waals surface area contributed by atoms with Crippen LogP contribution in [0.1, 0.15) is 33.1 Å². The van der Waals surface area contributed by atoms with E-state index in [1.165, 1.54) is 17.9 Å². The van der Waals surface area contributed by atoms with Crippen LogP contribution < -0.4 is 10.2 Å². The summed E-state index contributed by atoms with van der Waals surface area (Å²) in [6.45, 7) is 3.80. The van der Waals surface area contributed by atoms with Crippen molar-refractivity contribution in [2.24, 2.45) is 0 Å². The Bertz CT molecular complexity index is 506. The van der Waals surface area contributed by atoms with Crippen molar-refractivity contribution in [3.63, 3.8) is 0 Å². The predicted molar refractivity (Wildman–Crippen MR) is 76.9 cm³/mol. The molecule has 116 valence electrons. The molecular weight excluding hydrogens is 278 g/mol. The quantitative estimate of drug-likeness (QED) is 0.841. The monoisotopic (exact) mass is 298 g/mol. The van der Waals surface area contributed by atoms with Gasteiger partial charge in [0.15, 0.2) is 11.6 Å². The molecule has 1 rings (SSSR count). The van der Waals surface area contributed by atoms with Crippen molar-refractivity contribution >= 4 is 17.5 Å². The summed E-state index contributed by atoms with van der Waals surface area (Å²) < 4.78 is 26.1. The van der Waals surface area contributed by atoms with Gasteiger partial charge >= 0.3 is 0 Å². The highest BCUT2D eigenvalue weighted by molar-refractivity contribution is 5.91. The van der Waals surface area contributed by atoms with Crippen LogP contribution in [0.3, 0.4) is 0 Å². The fraction of sp³-hybridized carbons (Fsp3) is 0.467. The molecular formula is C15H20F2N2O2. The molecule has 4 nitrogen and oxygen atoms in total. The lowest BCUT2D eigenvalue weighted by molar-refractivity contribution is -0.121. The highest BCUT2D eigenvalue weighted by Crippen LogP contribution is 2.17. The van der Waals surface area contributed by atoms with Gasteiger partial charge in [0.25, 0.3) is 0 Å². The molecule has 21 heavy (non-hydrogen) atoms. The van der Waals surface area contributed by atoms with Crippen LogP contribution in [-0.2, 0) is 9.59 Å². The zero-order valence-corrected chi connectivity index (χ0v) is 12.3. The molecule has 0 aliphatic heterocycles. The molecule has 0 radical (unpaired) electrons. The molecule has 1 aromatic carbocycles. The lowest BCUT2D eigenvalue weighted by Gasteiger charge is -2.21. The average molecular weight is 298 g/mol. The van der Waals surface area contributed by atoms with Gasteiger partial charge in [0.05, 0.1) is 0 Å². The Kier molecular flexibility index (Phi) is 6.78. The highest BCUT2D eigenvalue weighted by atomic mass is 19.2. The number of benzene rings is 1. The van der Waals surface area contributed by atoms with E-state index in [9.17, 15) is 18.4 Å². The van der Waals surface area contributed by atoms with Crippen molar-refractivity contribution in [2.45, 2.75) is 33.1 Å². The van der Waals surface area contributed by atoms with Gasteiger partial charge < -0.3 is 10.2 Å². The first-order valence-corrected chi connectivity index (χ1v) is 6.95. The molecule has 0 bridgehead atoms. The molecule has 0 saturated heterocycles. The van der Waals surface area contributed by atoms with Crippen LogP contribution in [0, 0.1) is 11.6 Å².